The first-order valence-corrected chi connectivity index (χ1v) is 5.94. The van der Waals surface area contributed by atoms with Gasteiger partial charge < -0.3 is 11.1 Å². The van der Waals surface area contributed by atoms with Crippen LogP contribution in [0.1, 0.15) is 33.6 Å². The van der Waals surface area contributed by atoms with E-state index in [-0.39, 0.29) is 16.7 Å². The first-order valence-electron chi connectivity index (χ1n) is 4.96. The van der Waals surface area contributed by atoms with Crippen LogP contribution < -0.4 is 11.1 Å². The van der Waals surface area contributed by atoms with Crippen LogP contribution in [0.2, 0.25) is 0 Å². The summed E-state index contributed by atoms with van der Waals surface area (Å²) in [5.41, 5.74) is 6.12. The van der Waals surface area contributed by atoms with Crippen molar-refractivity contribution in [2.75, 3.05) is 5.75 Å². The van der Waals surface area contributed by atoms with Gasteiger partial charge in [0.15, 0.2) is 0 Å². The third-order valence-electron chi connectivity index (χ3n) is 1.62. The molecule has 0 saturated carbocycles. The minimum Gasteiger partial charge on any atom is -0.400 e. The summed E-state index contributed by atoms with van der Waals surface area (Å²) in [6.45, 7) is 5.39. The van der Waals surface area contributed by atoms with E-state index in [1.165, 1.54) is 0 Å². The molecule has 0 atom stereocenters. The van der Waals surface area contributed by atoms with Gasteiger partial charge in [0.2, 0.25) is 11.0 Å². The Labute approximate surface area is 94.7 Å². The molecule has 5 heteroatoms. The van der Waals surface area contributed by atoms with Gasteiger partial charge in [0.05, 0.1) is 0 Å². The Bertz CT molecular complexity index is 271. The van der Waals surface area contributed by atoms with Crippen molar-refractivity contribution in [1.29, 1.82) is 0 Å². The molecule has 1 amide bonds. The van der Waals surface area contributed by atoms with E-state index in [1.54, 1.807) is 6.92 Å². The fraction of sp³-hybridized carbons (Fsp3) is 0.600. The van der Waals surface area contributed by atoms with Crippen molar-refractivity contribution in [3.63, 3.8) is 0 Å². The number of carbonyl (C=O) groups excluding carboxylic acids is 2. The zero-order valence-corrected chi connectivity index (χ0v) is 10.2. The van der Waals surface area contributed by atoms with Crippen molar-refractivity contribution in [2.24, 2.45) is 5.73 Å². The summed E-state index contributed by atoms with van der Waals surface area (Å²) in [7, 11) is 0. The van der Waals surface area contributed by atoms with E-state index >= 15 is 0 Å². The monoisotopic (exact) mass is 230 g/mol. The molecule has 0 aliphatic heterocycles. The van der Waals surface area contributed by atoms with Crippen molar-refractivity contribution in [3.8, 4) is 0 Å². The predicted octanol–water partition coefficient (Wildman–Crippen LogP) is 1.37. The Morgan fingerprint density at radius 1 is 1.33 bits per heavy atom. The van der Waals surface area contributed by atoms with Gasteiger partial charge in [-0.1, -0.05) is 25.6 Å². The molecule has 0 aliphatic rings. The summed E-state index contributed by atoms with van der Waals surface area (Å²) in [5.74, 6) is 0.501. The van der Waals surface area contributed by atoms with Crippen molar-refractivity contribution in [1.82, 2.24) is 5.32 Å². The summed E-state index contributed by atoms with van der Waals surface area (Å²) >= 11 is 1.14. The minimum atomic E-state index is -0.179. The molecule has 4 nitrogen and oxygen atoms in total. The van der Waals surface area contributed by atoms with Crippen LogP contribution in [0.25, 0.3) is 0 Å². The summed E-state index contributed by atoms with van der Waals surface area (Å²) in [4.78, 5) is 22.8. The summed E-state index contributed by atoms with van der Waals surface area (Å²) in [6, 6.07) is 0. The lowest BCUT2D eigenvalue weighted by molar-refractivity contribution is -0.121. The van der Waals surface area contributed by atoms with Crippen molar-refractivity contribution >= 4 is 22.8 Å². The molecule has 3 N–H and O–H groups in total. The lowest BCUT2D eigenvalue weighted by Gasteiger charge is -2.09. The molecule has 86 valence electrons. The van der Waals surface area contributed by atoms with Gasteiger partial charge in [-0.2, -0.15) is 0 Å². The van der Waals surface area contributed by atoms with Gasteiger partial charge in [0, 0.05) is 12.1 Å². The van der Waals surface area contributed by atoms with Gasteiger partial charge in [-0.15, -0.1) is 0 Å². The fourth-order valence-corrected chi connectivity index (χ4v) is 1.56. The number of nitrogens with one attached hydrogen (secondary N) is 1. The second-order valence-corrected chi connectivity index (χ2v) is 4.31. The molecule has 0 unspecified atom stereocenters. The molecule has 0 spiro atoms. The van der Waals surface area contributed by atoms with Crippen LogP contribution in [0.5, 0.6) is 0 Å². The van der Waals surface area contributed by atoms with E-state index < -0.39 is 0 Å². The van der Waals surface area contributed by atoms with Crippen LogP contribution in [0.4, 0.5) is 0 Å². The first-order chi connectivity index (χ1) is 7.02. The molecule has 0 aromatic rings. The molecular formula is C10H18N2O2S. The maximum atomic E-state index is 11.5. The molecule has 0 radical (unpaired) electrons. The van der Waals surface area contributed by atoms with Gasteiger partial charge in [-0.25, -0.2) is 0 Å². The van der Waals surface area contributed by atoms with E-state index in [0.29, 0.717) is 17.9 Å². The molecule has 0 bridgehead atoms. The Hall–Kier alpha value is -0.970. The van der Waals surface area contributed by atoms with Crippen LogP contribution in [-0.2, 0) is 9.59 Å². The number of rotatable bonds is 5. The highest BCUT2D eigenvalue weighted by Gasteiger charge is 2.14. The maximum absolute atomic E-state index is 11.5. The standard InChI is InChI=1S/C10H18N2O2S/c1-4-6-8(13)12-9(7(3)11)10(14)15-5-2/h4-6,11H2,1-3H3,(H,12,13). The minimum absolute atomic E-state index is 0.164. The second-order valence-electron chi connectivity index (χ2n) is 3.08. The van der Waals surface area contributed by atoms with E-state index in [1.807, 2.05) is 13.8 Å². The largest absolute Gasteiger partial charge is 0.400 e. The van der Waals surface area contributed by atoms with Crippen LogP contribution in [0, 0.1) is 0 Å². The van der Waals surface area contributed by atoms with Gasteiger partial charge in [0.25, 0.3) is 0 Å². The zero-order valence-electron chi connectivity index (χ0n) is 9.42. The highest BCUT2D eigenvalue weighted by Crippen LogP contribution is 2.10. The van der Waals surface area contributed by atoms with Gasteiger partial charge in [-0.3, -0.25) is 9.59 Å². The lowest BCUT2D eigenvalue weighted by atomic mass is 10.3. The summed E-state index contributed by atoms with van der Waals surface area (Å²) < 4.78 is 0. The Morgan fingerprint density at radius 2 is 1.93 bits per heavy atom. The van der Waals surface area contributed by atoms with Crippen molar-refractivity contribution < 1.29 is 9.59 Å². The molecule has 0 heterocycles. The van der Waals surface area contributed by atoms with Crippen LogP contribution in [0.15, 0.2) is 11.4 Å². The van der Waals surface area contributed by atoms with Gasteiger partial charge >= 0.3 is 0 Å². The van der Waals surface area contributed by atoms with Crippen molar-refractivity contribution in [2.45, 2.75) is 33.6 Å². The highest BCUT2D eigenvalue weighted by molar-refractivity contribution is 8.14. The van der Waals surface area contributed by atoms with Crippen LogP contribution in [-0.4, -0.2) is 16.8 Å². The van der Waals surface area contributed by atoms with E-state index in [9.17, 15) is 9.59 Å². The molecule has 0 saturated heterocycles. The molecule has 0 rings (SSSR count). The number of amides is 1. The Balaban J connectivity index is 4.51. The molecule has 15 heavy (non-hydrogen) atoms. The zero-order chi connectivity index (χ0) is 11.8. The Kier molecular flexibility index (Phi) is 6.86. The van der Waals surface area contributed by atoms with E-state index in [0.717, 1.165) is 18.2 Å². The molecule has 0 aromatic heterocycles. The number of thioether (sulfide) groups is 1. The topological polar surface area (TPSA) is 72.2 Å². The van der Waals surface area contributed by atoms with Crippen LogP contribution in [0.3, 0.4) is 0 Å². The quantitative estimate of drug-likeness (QED) is 0.700. The fourth-order valence-electron chi connectivity index (χ4n) is 0.943. The smallest absolute Gasteiger partial charge is 0.237 e. The molecule has 0 aliphatic carbocycles. The highest BCUT2D eigenvalue weighted by atomic mass is 32.2. The molecule has 0 aromatic carbocycles. The molecule has 0 fully saturated rings. The van der Waals surface area contributed by atoms with Gasteiger partial charge in [-0.05, 0) is 19.1 Å². The maximum Gasteiger partial charge on any atom is 0.237 e. The van der Waals surface area contributed by atoms with E-state index in [2.05, 4.69) is 5.32 Å². The first kappa shape index (κ1) is 14.0. The van der Waals surface area contributed by atoms with Crippen molar-refractivity contribution in [3.05, 3.63) is 11.4 Å². The molecular weight excluding hydrogens is 212 g/mol. The van der Waals surface area contributed by atoms with Gasteiger partial charge in [0.1, 0.15) is 5.70 Å². The third-order valence-corrected chi connectivity index (χ3v) is 2.37. The normalized spacial score (nSPS) is 11.9. The second kappa shape index (κ2) is 7.34. The summed E-state index contributed by atoms with van der Waals surface area (Å²) in [6.07, 6.45) is 1.15. The lowest BCUT2D eigenvalue weighted by Crippen LogP contribution is -2.28. The predicted molar refractivity (Wildman–Crippen MR) is 63.1 cm³/mol. The number of allylic oxidation sites excluding steroid dienone is 1. The SMILES string of the molecule is CCCC(=O)NC(C(=O)SCC)=C(C)N. The number of hydrogen-bond donors (Lipinski definition) is 2. The Morgan fingerprint density at radius 3 is 2.33 bits per heavy atom. The number of carbonyl (C=O) groups is 2. The van der Waals surface area contributed by atoms with E-state index in [4.69, 9.17) is 5.73 Å². The average molecular weight is 230 g/mol. The average Bonchev–Trinajstić information content (AvgIpc) is 2.14. The number of nitrogens with two attached hydrogens (primary N) is 1. The third kappa shape index (κ3) is 5.47. The summed E-state index contributed by atoms with van der Waals surface area (Å²) in [5, 5.41) is 2.37. The number of hydrogen-bond acceptors (Lipinski definition) is 4. The van der Waals surface area contributed by atoms with Crippen LogP contribution >= 0.6 is 11.8 Å².